The maximum Gasteiger partial charge on any atom is 0.309 e. The van der Waals surface area contributed by atoms with E-state index >= 15 is 0 Å². The molecule has 76 valence electrons. The van der Waals surface area contributed by atoms with Crippen LogP contribution in [0.3, 0.4) is 0 Å². The van der Waals surface area contributed by atoms with Crippen molar-refractivity contribution >= 4 is 5.97 Å². The summed E-state index contributed by atoms with van der Waals surface area (Å²) >= 11 is 0. The van der Waals surface area contributed by atoms with Crippen LogP contribution >= 0.6 is 0 Å². The summed E-state index contributed by atoms with van der Waals surface area (Å²) in [5.41, 5.74) is 0.160. The van der Waals surface area contributed by atoms with Crippen molar-refractivity contribution in [3.63, 3.8) is 0 Å². The summed E-state index contributed by atoms with van der Waals surface area (Å²) in [5, 5.41) is 0. The van der Waals surface area contributed by atoms with E-state index in [0.717, 1.165) is 19.3 Å². The van der Waals surface area contributed by atoms with Gasteiger partial charge >= 0.3 is 5.97 Å². The Labute approximate surface area is 80.7 Å². The number of hydrogen-bond donors (Lipinski definition) is 0. The second-order valence-corrected chi connectivity index (χ2v) is 4.63. The SMILES string of the molecule is COC(=O)[C@H]1CCC[C@@]1(C)C(C)C. The van der Waals surface area contributed by atoms with Crippen molar-refractivity contribution in [2.24, 2.45) is 17.3 Å². The molecule has 0 unspecified atom stereocenters. The molecule has 1 fully saturated rings. The van der Waals surface area contributed by atoms with E-state index in [0.29, 0.717) is 5.92 Å². The van der Waals surface area contributed by atoms with E-state index in [1.807, 2.05) is 0 Å². The molecule has 1 aliphatic rings. The monoisotopic (exact) mass is 184 g/mol. The van der Waals surface area contributed by atoms with Gasteiger partial charge in [0.1, 0.15) is 0 Å². The fraction of sp³-hybridized carbons (Fsp3) is 0.909. The van der Waals surface area contributed by atoms with Crippen LogP contribution < -0.4 is 0 Å². The van der Waals surface area contributed by atoms with E-state index in [4.69, 9.17) is 4.74 Å². The minimum atomic E-state index is -0.0197. The summed E-state index contributed by atoms with van der Waals surface area (Å²) in [6.45, 7) is 6.61. The topological polar surface area (TPSA) is 26.3 Å². The van der Waals surface area contributed by atoms with Crippen molar-refractivity contribution in [2.45, 2.75) is 40.0 Å². The first-order chi connectivity index (χ1) is 6.02. The molecule has 0 radical (unpaired) electrons. The highest BCUT2D eigenvalue weighted by molar-refractivity contribution is 5.73. The standard InChI is InChI=1S/C11H20O2/c1-8(2)11(3)7-5-6-9(11)10(12)13-4/h8-9H,5-7H2,1-4H3/t9-,11+/m1/s1. The molecular weight excluding hydrogens is 164 g/mol. The zero-order valence-electron chi connectivity index (χ0n) is 9.09. The van der Waals surface area contributed by atoms with Crippen LogP contribution in [-0.4, -0.2) is 13.1 Å². The summed E-state index contributed by atoms with van der Waals surface area (Å²) < 4.78 is 4.84. The van der Waals surface area contributed by atoms with Gasteiger partial charge in [0, 0.05) is 0 Å². The molecule has 0 aliphatic heterocycles. The lowest BCUT2D eigenvalue weighted by molar-refractivity contribution is -0.150. The van der Waals surface area contributed by atoms with Crippen molar-refractivity contribution in [3.8, 4) is 0 Å². The van der Waals surface area contributed by atoms with Crippen molar-refractivity contribution < 1.29 is 9.53 Å². The van der Waals surface area contributed by atoms with E-state index in [1.165, 1.54) is 7.11 Å². The molecule has 0 bridgehead atoms. The van der Waals surface area contributed by atoms with Crippen LogP contribution in [0.4, 0.5) is 0 Å². The van der Waals surface area contributed by atoms with Crippen molar-refractivity contribution in [1.29, 1.82) is 0 Å². The number of rotatable bonds is 2. The van der Waals surface area contributed by atoms with Gasteiger partial charge in [-0.25, -0.2) is 0 Å². The second-order valence-electron chi connectivity index (χ2n) is 4.63. The number of esters is 1. The molecule has 0 aromatic heterocycles. The van der Waals surface area contributed by atoms with Crippen molar-refractivity contribution in [2.75, 3.05) is 7.11 Å². The Morgan fingerprint density at radius 3 is 2.62 bits per heavy atom. The summed E-state index contributed by atoms with van der Waals surface area (Å²) in [4.78, 5) is 11.5. The number of hydrogen-bond acceptors (Lipinski definition) is 2. The van der Waals surface area contributed by atoms with Crippen LogP contribution in [0.25, 0.3) is 0 Å². The van der Waals surface area contributed by atoms with Gasteiger partial charge in [0.2, 0.25) is 0 Å². The Hall–Kier alpha value is -0.530. The molecule has 1 saturated carbocycles. The molecule has 2 atom stereocenters. The number of methoxy groups -OCH3 is 1. The molecule has 2 heteroatoms. The Balaban J connectivity index is 2.79. The van der Waals surface area contributed by atoms with Crippen LogP contribution in [0.2, 0.25) is 0 Å². The quantitative estimate of drug-likeness (QED) is 0.617. The summed E-state index contributed by atoms with van der Waals surface area (Å²) in [5.74, 6) is 0.658. The predicted octanol–water partition coefficient (Wildman–Crippen LogP) is 2.62. The van der Waals surface area contributed by atoms with Gasteiger partial charge in [-0.05, 0) is 24.2 Å². The van der Waals surface area contributed by atoms with Crippen LogP contribution in [0, 0.1) is 17.3 Å². The number of ether oxygens (including phenoxy) is 1. The van der Waals surface area contributed by atoms with Gasteiger partial charge in [-0.15, -0.1) is 0 Å². The highest BCUT2D eigenvalue weighted by atomic mass is 16.5. The molecule has 0 saturated heterocycles. The average molecular weight is 184 g/mol. The number of carbonyl (C=O) groups is 1. The van der Waals surface area contributed by atoms with E-state index in [1.54, 1.807) is 0 Å². The minimum Gasteiger partial charge on any atom is -0.469 e. The average Bonchev–Trinajstić information content (AvgIpc) is 2.47. The third-order valence-electron chi connectivity index (χ3n) is 3.81. The largest absolute Gasteiger partial charge is 0.469 e. The third kappa shape index (κ3) is 1.72. The lowest BCUT2D eigenvalue weighted by atomic mass is 9.71. The molecule has 0 aromatic rings. The third-order valence-corrected chi connectivity index (χ3v) is 3.81. The van der Waals surface area contributed by atoms with Gasteiger partial charge in [-0.3, -0.25) is 4.79 Å². The zero-order chi connectivity index (χ0) is 10.1. The van der Waals surface area contributed by atoms with Crippen LogP contribution in [0.1, 0.15) is 40.0 Å². The van der Waals surface area contributed by atoms with E-state index in [9.17, 15) is 4.79 Å². The van der Waals surface area contributed by atoms with Gasteiger partial charge in [0.25, 0.3) is 0 Å². The molecule has 0 N–H and O–H groups in total. The van der Waals surface area contributed by atoms with Crippen LogP contribution in [0.15, 0.2) is 0 Å². The Kier molecular flexibility index (Phi) is 2.99. The van der Waals surface area contributed by atoms with Crippen LogP contribution in [-0.2, 0) is 9.53 Å². The smallest absolute Gasteiger partial charge is 0.309 e. The molecule has 0 aromatic carbocycles. The molecule has 2 nitrogen and oxygen atoms in total. The highest BCUT2D eigenvalue weighted by Crippen LogP contribution is 2.48. The molecular formula is C11H20O2. The molecule has 0 spiro atoms. The molecule has 1 aliphatic carbocycles. The maximum atomic E-state index is 11.5. The summed E-state index contributed by atoms with van der Waals surface area (Å²) in [6.07, 6.45) is 3.32. The summed E-state index contributed by atoms with van der Waals surface area (Å²) in [6, 6.07) is 0. The number of carbonyl (C=O) groups excluding carboxylic acids is 1. The Morgan fingerprint density at radius 2 is 2.15 bits per heavy atom. The first-order valence-electron chi connectivity index (χ1n) is 5.10. The first-order valence-corrected chi connectivity index (χ1v) is 5.10. The molecule has 0 amide bonds. The van der Waals surface area contributed by atoms with Gasteiger partial charge in [0.15, 0.2) is 0 Å². The molecule has 13 heavy (non-hydrogen) atoms. The normalized spacial score (nSPS) is 33.8. The van der Waals surface area contributed by atoms with E-state index in [2.05, 4.69) is 20.8 Å². The van der Waals surface area contributed by atoms with Crippen LogP contribution in [0.5, 0.6) is 0 Å². The van der Waals surface area contributed by atoms with Gasteiger partial charge in [0.05, 0.1) is 13.0 Å². The fourth-order valence-electron chi connectivity index (χ4n) is 2.41. The second kappa shape index (κ2) is 3.69. The first kappa shape index (κ1) is 10.6. The van der Waals surface area contributed by atoms with E-state index < -0.39 is 0 Å². The van der Waals surface area contributed by atoms with Crippen molar-refractivity contribution in [3.05, 3.63) is 0 Å². The van der Waals surface area contributed by atoms with Crippen molar-refractivity contribution in [1.82, 2.24) is 0 Å². The molecule has 1 rings (SSSR count). The highest BCUT2D eigenvalue weighted by Gasteiger charge is 2.45. The lowest BCUT2D eigenvalue weighted by Gasteiger charge is -2.33. The van der Waals surface area contributed by atoms with Gasteiger partial charge in [-0.1, -0.05) is 27.2 Å². The minimum absolute atomic E-state index is 0.0197. The Bertz CT molecular complexity index is 198. The maximum absolute atomic E-state index is 11.5. The predicted molar refractivity (Wildman–Crippen MR) is 52.3 cm³/mol. The fourth-order valence-corrected chi connectivity index (χ4v) is 2.41. The van der Waals surface area contributed by atoms with Gasteiger partial charge in [-0.2, -0.15) is 0 Å². The molecule has 0 heterocycles. The Morgan fingerprint density at radius 1 is 1.54 bits per heavy atom. The zero-order valence-corrected chi connectivity index (χ0v) is 9.09. The van der Waals surface area contributed by atoms with E-state index in [-0.39, 0.29) is 17.3 Å². The van der Waals surface area contributed by atoms with Gasteiger partial charge < -0.3 is 4.74 Å². The lowest BCUT2D eigenvalue weighted by Crippen LogP contribution is -2.33. The summed E-state index contributed by atoms with van der Waals surface area (Å²) in [7, 11) is 1.49.